The molecular weight excluding hydrogens is 360 g/mol. The van der Waals surface area contributed by atoms with Crippen LogP contribution < -0.4 is 0 Å². The number of phenolic OH excluding ortho intramolecular Hbond substituents is 1. The molecule has 2 atom stereocenters. The molecule has 0 amide bonds. The Morgan fingerprint density at radius 1 is 1.07 bits per heavy atom. The zero-order chi connectivity index (χ0) is 20.4. The Bertz CT molecular complexity index is 635. The molecule has 0 heterocycles. The molecule has 4 nitrogen and oxygen atoms in total. The first kappa shape index (κ1) is 22.1. The number of thioether (sulfide) groups is 1. The maximum atomic E-state index is 10.9. The van der Waals surface area contributed by atoms with Gasteiger partial charge in [-0.05, 0) is 35.8 Å². The molecule has 5 heteroatoms. The lowest BCUT2D eigenvalue weighted by Crippen LogP contribution is -2.32. The molecular formula is C22H34O4S. The Labute approximate surface area is 167 Å². The van der Waals surface area contributed by atoms with Crippen molar-refractivity contribution in [2.24, 2.45) is 0 Å². The molecule has 0 spiro atoms. The standard InChI is InChI=1S/C22H34O4S/c1-21(2,3)15-11-14(12-16(20(15)25)22(4,5)6)27-18-10-8-7-9-17(18)26-13-19(23)24/h11-12,17-18,25H,7-10,13H2,1-6H3,(H,23,24)/t17-,18?/m0/s1. The molecule has 2 N–H and O–H groups in total. The highest BCUT2D eigenvalue weighted by Gasteiger charge is 2.30. The predicted molar refractivity (Wildman–Crippen MR) is 111 cm³/mol. The first-order valence-electron chi connectivity index (χ1n) is 9.77. The molecule has 1 aliphatic carbocycles. The van der Waals surface area contributed by atoms with Gasteiger partial charge in [-0.1, -0.05) is 54.4 Å². The van der Waals surface area contributed by atoms with Crippen LogP contribution in [0.2, 0.25) is 0 Å². The summed E-state index contributed by atoms with van der Waals surface area (Å²) in [5.41, 5.74) is 1.59. The van der Waals surface area contributed by atoms with Crippen LogP contribution in [-0.2, 0) is 20.4 Å². The number of hydrogen-bond acceptors (Lipinski definition) is 4. The third-order valence-electron chi connectivity index (χ3n) is 5.05. The summed E-state index contributed by atoms with van der Waals surface area (Å²) in [5.74, 6) is -0.527. The van der Waals surface area contributed by atoms with Gasteiger partial charge in [-0.15, -0.1) is 11.8 Å². The molecule has 152 valence electrons. The molecule has 1 saturated carbocycles. The molecule has 1 fully saturated rings. The van der Waals surface area contributed by atoms with E-state index in [1.54, 1.807) is 11.8 Å². The minimum atomic E-state index is -0.918. The van der Waals surface area contributed by atoms with Gasteiger partial charge in [0.25, 0.3) is 0 Å². The van der Waals surface area contributed by atoms with E-state index in [2.05, 4.69) is 53.7 Å². The predicted octanol–water partition coefficient (Wildman–Crippen LogP) is 5.49. The number of ether oxygens (including phenoxy) is 1. The average Bonchev–Trinajstić information content (AvgIpc) is 2.53. The van der Waals surface area contributed by atoms with Gasteiger partial charge in [0, 0.05) is 21.3 Å². The number of rotatable bonds is 5. The Balaban J connectivity index is 2.35. The van der Waals surface area contributed by atoms with Crippen LogP contribution in [-0.4, -0.2) is 34.1 Å². The number of hydrogen-bond donors (Lipinski definition) is 2. The Kier molecular flexibility index (Phi) is 6.91. The van der Waals surface area contributed by atoms with Crippen molar-refractivity contribution in [3.05, 3.63) is 23.3 Å². The number of carbonyl (C=O) groups is 1. The lowest BCUT2D eigenvalue weighted by atomic mass is 9.79. The molecule has 0 saturated heterocycles. The Hall–Kier alpha value is -1.20. The van der Waals surface area contributed by atoms with E-state index in [1.807, 2.05) is 0 Å². The number of phenols is 1. The summed E-state index contributed by atoms with van der Waals surface area (Å²) in [7, 11) is 0. The van der Waals surface area contributed by atoms with Crippen LogP contribution in [0.25, 0.3) is 0 Å². The SMILES string of the molecule is CC(C)(C)c1cc(SC2CCCC[C@@H]2OCC(=O)O)cc(C(C)(C)C)c1O. The van der Waals surface area contributed by atoms with Crippen LogP contribution >= 0.6 is 11.8 Å². The highest BCUT2D eigenvalue weighted by molar-refractivity contribution is 8.00. The van der Waals surface area contributed by atoms with Crippen molar-refractivity contribution < 1.29 is 19.7 Å². The van der Waals surface area contributed by atoms with E-state index >= 15 is 0 Å². The van der Waals surface area contributed by atoms with Gasteiger partial charge in [0.05, 0.1) is 6.10 Å². The third-order valence-corrected chi connectivity index (χ3v) is 6.40. The number of carboxylic acid groups (broad SMARTS) is 1. The fourth-order valence-corrected chi connectivity index (χ4v) is 4.93. The average molecular weight is 395 g/mol. The largest absolute Gasteiger partial charge is 0.507 e. The first-order chi connectivity index (χ1) is 12.4. The van der Waals surface area contributed by atoms with Gasteiger partial charge < -0.3 is 14.9 Å². The van der Waals surface area contributed by atoms with Crippen molar-refractivity contribution in [1.29, 1.82) is 0 Å². The summed E-state index contributed by atoms with van der Waals surface area (Å²) < 4.78 is 5.68. The third kappa shape index (κ3) is 5.89. The van der Waals surface area contributed by atoms with Crippen molar-refractivity contribution >= 4 is 17.7 Å². The number of aliphatic carboxylic acids is 1. The summed E-state index contributed by atoms with van der Waals surface area (Å²) in [6.45, 7) is 12.4. The fourth-order valence-electron chi connectivity index (χ4n) is 3.56. The number of aromatic hydroxyl groups is 1. The maximum Gasteiger partial charge on any atom is 0.329 e. The first-order valence-corrected chi connectivity index (χ1v) is 10.7. The van der Waals surface area contributed by atoms with E-state index in [0.29, 0.717) is 5.75 Å². The zero-order valence-electron chi connectivity index (χ0n) is 17.5. The minimum absolute atomic E-state index is 0.0372. The zero-order valence-corrected chi connectivity index (χ0v) is 18.3. The lowest BCUT2D eigenvalue weighted by Gasteiger charge is -2.32. The van der Waals surface area contributed by atoms with Gasteiger partial charge in [0.2, 0.25) is 0 Å². The van der Waals surface area contributed by atoms with E-state index in [1.165, 1.54) is 0 Å². The Morgan fingerprint density at radius 3 is 2.07 bits per heavy atom. The summed E-state index contributed by atoms with van der Waals surface area (Å²) >= 11 is 1.76. The number of benzene rings is 1. The summed E-state index contributed by atoms with van der Waals surface area (Å²) in [6.07, 6.45) is 4.11. The highest BCUT2D eigenvalue weighted by atomic mass is 32.2. The molecule has 1 aliphatic rings. The smallest absolute Gasteiger partial charge is 0.329 e. The maximum absolute atomic E-state index is 10.9. The van der Waals surface area contributed by atoms with E-state index in [0.717, 1.165) is 41.7 Å². The van der Waals surface area contributed by atoms with Crippen molar-refractivity contribution in [3.63, 3.8) is 0 Å². The van der Waals surface area contributed by atoms with Crippen LogP contribution in [0, 0.1) is 0 Å². The molecule has 1 aromatic carbocycles. The topological polar surface area (TPSA) is 66.8 Å². The summed E-state index contributed by atoms with van der Waals surface area (Å²) in [5, 5.41) is 20.1. The molecule has 2 rings (SSSR count). The lowest BCUT2D eigenvalue weighted by molar-refractivity contribution is -0.144. The van der Waals surface area contributed by atoms with E-state index in [4.69, 9.17) is 9.84 Å². The molecule has 0 aromatic heterocycles. The second-order valence-corrected chi connectivity index (χ2v) is 10.9. The van der Waals surface area contributed by atoms with Crippen LogP contribution in [0.1, 0.15) is 78.4 Å². The molecule has 0 bridgehead atoms. The van der Waals surface area contributed by atoms with Crippen LogP contribution in [0.4, 0.5) is 0 Å². The second kappa shape index (κ2) is 8.44. The number of carboxylic acids is 1. The van der Waals surface area contributed by atoms with Gasteiger partial charge in [-0.25, -0.2) is 4.79 Å². The van der Waals surface area contributed by atoms with E-state index in [-0.39, 0.29) is 28.8 Å². The van der Waals surface area contributed by atoms with Crippen molar-refractivity contribution in [2.75, 3.05) is 6.61 Å². The van der Waals surface area contributed by atoms with Gasteiger partial charge >= 0.3 is 5.97 Å². The monoisotopic (exact) mass is 394 g/mol. The Morgan fingerprint density at radius 2 is 1.59 bits per heavy atom. The van der Waals surface area contributed by atoms with Crippen molar-refractivity contribution in [3.8, 4) is 5.75 Å². The van der Waals surface area contributed by atoms with Crippen molar-refractivity contribution in [1.82, 2.24) is 0 Å². The summed E-state index contributed by atoms with van der Waals surface area (Å²) in [4.78, 5) is 12.0. The van der Waals surface area contributed by atoms with Crippen molar-refractivity contribution in [2.45, 2.75) is 94.3 Å². The van der Waals surface area contributed by atoms with Crippen LogP contribution in [0.15, 0.2) is 17.0 Å². The minimum Gasteiger partial charge on any atom is -0.507 e. The molecule has 1 unspecified atom stereocenters. The highest BCUT2D eigenvalue weighted by Crippen LogP contribution is 2.44. The van der Waals surface area contributed by atoms with E-state index < -0.39 is 5.97 Å². The normalized spacial score (nSPS) is 21.3. The van der Waals surface area contributed by atoms with Gasteiger partial charge in [-0.3, -0.25) is 0 Å². The van der Waals surface area contributed by atoms with E-state index in [9.17, 15) is 9.90 Å². The van der Waals surface area contributed by atoms with Crippen LogP contribution in [0.5, 0.6) is 5.75 Å². The van der Waals surface area contributed by atoms with Crippen LogP contribution in [0.3, 0.4) is 0 Å². The second-order valence-electron chi connectivity index (χ2n) is 9.55. The fraction of sp³-hybridized carbons (Fsp3) is 0.682. The molecule has 1 aromatic rings. The van der Waals surface area contributed by atoms with Gasteiger partial charge in [-0.2, -0.15) is 0 Å². The molecule has 27 heavy (non-hydrogen) atoms. The van der Waals surface area contributed by atoms with Gasteiger partial charge in [0.1, 0.15) is 12.4 Å². The summed E-state index contributed by atoms with van der Waals surface area (Å²) in [6, 6.07) is 4.19. The van der Waals surface area contributed by atoms with Gasteiger partial charge in [0.15, 0.2) is 0 Å². The quantitative estimate of drug-likeness (QED) is 0.691. The molecule has 0 radical (unpaired) electrons. The molecule has 0 aliphatic heterocycles.